The molecule has 1 atom stereocenters. The van der Waals surface area contributed by atoms with E-state index in [-0.39, 0.29) is 6.04 Å². The summed E-state index contributed by atoms with van der Waals surface area (Å²) in [5, 5.41) is 3.48. The van der Waals surface area contributed by atoms with Gasteiger partial charge in [-0.1, -0.05) is 68.4 Å². The maximum Gasteiger partial charge on any atom is 0.0446 e. The third-order valence-corrected chi connectivity index (χ3v) is 3.19. The minimum atomic E-state index is 0.227. The Morgan fingerprint density at radius 1 is 0.895 bits per heavy atom. The van der Waals surface area contributed by atoms with Crippen LogP contribution in [0.2, 0.25) is 0 Å². The molecule has 2 nitrogen and oxygen atoms in total. The highest BCUT2D eigenvalue weighted by atomic mass is 15.0. The third kappa shape index (κ3) is 3.66. The van der Waals surface area contributed by atoms with E-state index in [1.807, 2.05) is 6.07 Å². The van der Waals surface area contributed by atoms with Crippen molar-refractivity contribution >= 4 is 0 Å². The van der Waals surface area contributed by atoms with Gasteiger partial charge >= 0.3 is 0 Å². The first-order valence-corrected chi connectivity index (χ1v) is 6.82. The number of nitrogens with two attached hydrogens (primary N) is 1. The zero-order valence-electron chi connectivity index (χ0n) is 11.6. The van der Waals surface area contributed by atoms with Crippen LogP contribution in [0.5, 0.6) is 0 Å². The number of nitrogens with one attached hydrogen (secondary N) is 1. The van der Waals surface area contributed by atoms with Crippen LogP contribution in [0.4, 0.5) is 0 Å². The summed E-state index contributed by atoms with van der Waals surface area (Å²) in [4.78, 5) is 0. The van der Waals surface area contributed by atoms with Crippen molar-refractivity contribution in [2.75, 3.05) is 6.54 Å². The highest BCUT2D eigenvalue weighted by Gasteiger charge is 2.10. The molecule has 0 aliphatic carbocycles. The molecule has 0 aromatic heterocycles. The summed E-state index contributed by atoms with van der Waals surface area (Å²) in [5.41, 5.74) is 9.57. The van der Waals surface area contributed by atoms with Gasteiger partial charge in [-0.3, -0.25) is 0 Å². The van der Waals surface area contributed by atoms with Crippen molar-refractivity contribution in [2.45, 2.75) is 25.9 Å². The van der Waals surface area contributed by atoms with E-state index < -0.39 is 0 Å². The first kappa shape index (κ1) is 13.8. The molecular weight excluding hydrogens is 232 g/mol. The fraction of sp³-hybridized carbons (Fsp3) is 0.294. The molecule has 0 aliphatic heterocycles. The van der Waals surface area contributed by atoms with Gasteiger partial charge in [-0.05, 0) is 16.7 Å². The van der Waals surface area contributed by atoms with Gasteiger partial charge in [-0.2, -0.15) is 0 Å². The molecule has 2 aromatic rings. The summed E-state index contributed by atoms with van der Waals surface area (Å²) in [6.07, 6.45) is 0. The second kappa shape index (κ2) is 6.50. The van der Waals surface area contributed by atoms with Crippen LogP contribution in [0.15, 0.2) is 54.6 Å². The average molecular weight is 254 g/mol. The van der Waals surface area contributed by atoms with Gasteiger partial charge in [0, 0.05) is 18.6 Å². The highest BCUT2D eigenvalue weighted by Crippen LogP contribution is 2.21. The van der Waals surface area contributed by atoms with Crippen molar-refractivity contribution in [3.63, 3.8) is 0 Å². The highest BCUT2D eigenvalue weighted by molar-refractivity contribution is 5.63. The van der Waals surface area contributed by atoms with Crippen LogP contribution < -0.4 is 11.1 Å². The lowest BCUT2D eigenvalue weighted by atomic mass is 10.0. The van der Waals surface area contributed by atoms with Crippen LogP contribution in [0.1, 0.15) is 25.5 Å². The van der Waals surface area contributed by atoms with Crippen molar-refractivity contribution in [2.24, 2.45) is 5.73 Å². The van der Waals surface area contributed by atoms with Crippen LogP contribution in [0, 0.1) is 0 Å². The Bertz CT molecular complexity index is 488. The summed E-state index contributed by atoms with van der Waals surface area (Å²) in [7, 11) is 0. The van der Waals surface area contributed by atoms with Crippen molar-refractivity contribution in [3.8, 4) is 11.1 Å². The molecule has 0 aliphatic rings. The monoisotopic (exact) mass is 254 g/mol. The van der Waals surface area contributed by atoms with E-state index in [9.17, 15) is 0 Å². The standard InChI is InChI=1S/C17H22N2/c1-13(2)19-17(12-18)16-10-8-15(9-11-16)14-6-4-3-5-7-14/h3-11,13,17,19H,12,18H2,1-2H3. The molecule has 100 valence electrons. The average Bonchev–Trinajstić information content (AvgIpc) is 2.46. The Kier molecular flexibility index (Phi) is 4.72. The van der Waals surface area contributed by atoms with Crippen molar-refractivity contribution in [1.82, 2.24) is 5.32 Å². The number of hydrogen-bond acceptors (Lipinski definition) is 2. The van der Waals surface area contributed by atoms with Crippen LogP contribution >= 0.6 is 0 Å². The Balaban J connectivity index is 2.18. The summed E-state index contributed by atoms with van der Waals surface area (Å²) < 4.78 is 0. The Morgan fingerprint density at radius 2 is 1.47 bits per heavy atom. The molecule has 0 fully saturated rings. The molecule has 0 saturated carbocycles. The largest absolute Gasteiger partial charge is 0.329 e. The number of hydrogen-bond donors (Lipinski definition) is 2. The van der Waals surface area contributed by atoms with Gasteiger partial charge in [0.2, 0.25) is 0 Å². The van der Waals surface area contributed by atoms with E-state index in [1.165, 1.54) is 16.7 Å². The SMILES string of the molecule is CC(C)NC(CN)c1ccc(-c2ccccc2)cc1. The molecule has 0 spiro atoms. The smallest absolute Gasteiger partial charge is 0.0446 e. The van der Waals surface area contributed by atoms with Gasteiger partial charge in [0.1, 0.15) is 0 Å². The molecule has 0 heterocycles. The van der Waals surface area contributed by atoms with Crippen molar-refractivity contribution in [1.29, 1.82) is 0 Å². The molecule has 0 saturated heterocycles. The van der Waals surface area contributed by atoms with Crippen LogP contribution in [0.25, 0.3) is 11.1 Å². The fourth-order valence-electron chi connectivity index (χ4n) is 2.24. The van der Waals surface area contributed by atoms with Crippen LogP contribution in [-0.4, -0.2) is 12.6 Å². The van der Waals surface area contributed by atoms with Crippen LogP contribution in [-0.2, 0) is 0 Å². The first-order valence-electron chi connectivity index (χ1n) is 6.82. The lowest BCUT2D eigenvalue weighted by Crippen LogP contribution is -2.33. The fourth-order valence-corrected chi connectivity index (χ4v) is 2.24. The van der Waals surface area contributed by atoms with E-state index in [2.05, 4.69) is 67.7 Å². The van der Waals surface area contributed by atoms with Crippen molar-refractivity contribution in [3.05, 3.63) is 60.2 Å². The van der Waals surface area contributed by atoms with Gasteiger partial charge in [0.15, 0.2) is 0 Å². The van der Waals surface area contributed by atoms with Gasteiger partial charge in [0.25, 0.3) is 0 Å². The molecule has 2 aromatic carbocycles. The normalized spacial score (nSPS) is 12.6. The lowest BCUT2D eigenvalue weighted by Gasteiger charge is -2.20. The molecule has 2 heteroatoms. The van der Waals surface area contributed by atoms with Crippen LogP contribution in [0.3, 0.4) is 0 Å². The maximum atomic E-state index is 5.84. The second-order valence-electron chi connectivity index (χ2n) is 5.10. The molecule has 0 radical (unpaired) electrons. The first-order chi connectivity index (χ1) is 9.20. The summed E-state index contributed by atoms with van der Waals surface area (Å²) >= 11 is 0. The van der Waals surface area contributed by atoms with E-state index in [0.29, 0.717) is 12.6 Å². The minimum Gasteiger partial charge on any atom is -0.329 e. The zero-order chi connectivity index (χ0) is 13.7. The molecule has 3 N–H and O–H groups in total. The quantitative estimate of drug-likeness (QED) is 0.858. The predicted octanol–water partition coefficient (Wildman–Crippen LogP) is 3.35. The third-order valence-electron chi connectivity index (χ3n) is 3.19. The van der Waals surface area contributed by atoms with Gasteiger partial charge in [-0.15, -0.1) is 0 Å². The van der Waals surface area contributed by atoms with E-state index in [4.69, 9.17) is 5.73 Å². The van der Waals surface area contributed by atoms with Gasteiger partial charge in [-0.25, -0.2) is 0 Å². The summed E-state index contributed by atoms with van der Waals surface area (Å²) in [6, 6.07) is 19.7. The Morgan fingerprint density at radius 3 is 2.00 bits per heavy atom. The number of rotatable bonds is 5. The molecule has 0 amide bonds. The molecular formula is C17H22N2. The lowest BCUT2D eigenvalue weighted by molar-refractivity contribution is 0.484. The van der Waals surface area contributed by atoms with E-state index >= 15 is 0 Å². The Hall–Kier alpha value is -1.64. The molecule has 19 heavy (non-hydrogen) atoms. The zero-order valence-corrected chi connectivity index (χ0v) is 11.6. The molecule has 0 bridgehead atoms. The molecule has 1 unspecified atom stereocenters. The predicted molar refractivity (Wildman–Crippen MR) is 81.9 cm³/mol. The van der Waals surface area contributed by atoms with E-state index in [0.717, 1.165) is 0 Å². The number of benzene rings is 2. The summed E-state index contributed by atoms with van der Waals surface area (Å²) in [5.74, 6) is 0. The van der Waals surface area contributed by atoms with Gasteiger partial charge in [0.05, 0.1) is 0 Å². The van der Waals surface area contributed by atoms with Gasteiger partial charge < -0.3 is 11.1 Å². The summed E-state index contributed by atoms with van der Waals surface area (Å²) in [6.45, 7) is 4.89. The molecule has 2 rings (SSSR count). The van der Waals surface area contributed by atoms with Crippen molar-refractivity contribution < 1.29 is 0 Å². The maximum absolute atomic E-state index is 5.84. The van der Waals surface area contributed by atoms with E-state index in [1.54, 1.807) is 0 Å². The Labute approximate surface area is 115 Å². The topological polar surface area (TPSA) is 38.0 Å². The minimum absolute atomic E-state index is 0.227. The second-order valence-corrected chi connectivity index (χ2v) is 5.10.